The molecule has 46 heavy (non-hydrogen) atoms. The average molecular weight is 611 g/mol. The van der Waals surface area contributed by atoms with Crippen LogP contribution in [0.5, 0.6) is 5.75 Å². The third-order valence-electron chi connectivity index (χ3n) is 8.87. The van der Waals surface area contributed by atoms with Crippen LogP contribution >= 0.6 is 0 Å². The Bertz CT molecular complexity index is 1920. The van der Waals surface area contributed by atoms with Crippen LogP contribution in [0.25, 0.3) is 10.9 Å². The van der Waals surface area contributed by atoms with E-state index in [1.165, 1.54) is 18.2 Å². The maximum absolute atomic E-state index is 12.7. The van der Waals surface area contributed by atoms with Gasteiger partial charge in [-0.2, -0.15) is 0 Å². The van der Waals surface area contributed by atoms with E-state index in [4.69, 9.17) is 19.5 Å². The molecule has 0 bridgehead atoms. The largest absolute Gasteiger partial charge is 0.469 e. The van der Waals surface area contributed by atoms with Crippen molar-refractivity contribution in [1.82, 2.24) is 9.88 Å². The molecule has 2 aliphatic heterocycles. The molecule has 2 aliphatic rings. The molecular weight excluding hydrogens is 572 g/mol. The number of esters is 1. The molecule has 7 heteroatoms. The third kappa shape index (κ3) is 5.93. The number of aryl methyl sites for hydroxylation is 2. The van der Waals surface area contributed by atoms with Gasteiger partial charge in [0, 0.05) is 43.4 Å². The van der Waals surface area contributed by atoms with Crippen molar-refractivity contribution in [1.29, 1.82) is 0 Å². The number of benzene rings is 4. The minimum Gasteiger partial charge on any atom is -0.469 e. The van der Waals surface area contributed by atoms with E-state index in [0.29, 0.717) is 17.8 Å². The number of aliphatic imine (C=N–C) groups is 1. The summed E-state index contributed by atoms with van der Waals surface area (Å²) < 4.78 is 12.2. The molecule has 0 spiro atoms. The van der Waals surface area contributed by atoms with E-state index in [2.05, 4.69) is 89.5 Å². The van der Waals surface area contributed by atoms with E-state index >= 15 is 0 Å². The van der Waals surface area contributed by atoms with E-state index in [-0.39, 0.29) is 6.23 Å². The number of aromatic nitrogens is 1. The molecule has 7 rings (SSSR count). The van der Waals surface area contributed by atoms with Gasteiger partial charge in [-0.1, -0.05) is 83.9 Å². The first-order valence-corrected chi connectivity index (χ1v) is 15.9. The highest BCUT2D eigenvalue weighted by Gasteiger charge is 2.35. The zero-order valence-electron chi connectivity index (χ0n) is 26.6. The number of rotatable bonds is 8. The molecule has 1 unspecified atom stereocenters. The van der Waals surface area contributed by atoms with Crippen molar-refractivity contribution >= 4 is 34.2 Å². The van der Waals surface area contributed by atoms with Gasteiger partial charge in [-0.3, -0.25) is 0 Å². The van der Waals surface area contributed by atoms with Crippen LogP contribution in [-0.4, -0.2) is 41.6 Å². The number of hydrogen-bond donors (Lipinski definition) is 0. The molecule has 0 saturated carbocycles. The van der Waals surface area contributed by atoms with Crippen LogP contribution in [0, 0.1) is 13.8 Å². The zero-order chi connectivity index (χ0) is 31.6. The van der Waals surface area contributed by atoms with Gasteiger partial charge in [0.15, 0.2) is 6.23 Å². The number of pyridine rings is 1. The van der Waals surface area contributed by atoms with Gasteiger partial charge >= 0.3 is 5.97 Å². The van der Waals surface area contributed by atoms with Gasteiger partial charge in [-0.25, -0.2) is 14.8 Å². The predicted molar refractivity (Wildman–Crippen MR) is 183 cm³/mol. The SMILES string of the molecule is COC(=O)c1cc(C)ccc1N=C1CCC(Oc2c3c(nc4ccc(C)cc24)N(Cc2ccccc2)CC3)N1Cc1ccccc1. The van der Waals surface area contributed by atoms with Gasteiger partial charge in [0.25, 0.3) is 0 Å². The molecule has 0 aliphatic carbocycles. The van der Waals surface area contributed by atoms with Crippen molar-refractivity contribution in [3.8, 4) is 5.75 Å². The monoisotopic (exact) mass is 610 g/mol. The van der Waals surface area contributed by atoms with Crippen molar-refractivity contribution in [3.63, 3.8) is 0 Å². The van der Waals surface area contributed by atoms with Crippen LogP contribution in [0.4, 0.5) is 11.5 Å². The Morgan fingerprint density at radius 2 is 1.57 bits per heavy atom. The van der Waals surface area contributed by atoms with Gasteiger partial charge in [0.1, 0.15) is 17.4 Å². The molecule has 7 nitrogen and oxygen atoms in total. The summed E-state index contributed by atoms with van der Waals surface area (Å²) in [6, 6.07) is 33.1. The number of hydrogen-bond acceptors (Lipinski definition) is 6. The number of ether oxygens (including phenoxy) is 2. The van der Waals surface area contributed by atoms with E-state index in [9.17, 15) is 4.79 Å². The fourth-order valence-corrected chi connectivity index (χ4v) is 6.54. The second-order valence-electron chi connectivity index (χ2n) is 12.2. The molecule has 5 aromatic rings. The first-order valence-electron chi connectivity index (χ1n) is 15.9. The predicted octanol–water partition coefficient (Wildman–Crippen LogP) is 7.93. The lowest BCUT2D eigenvalue weighted by Crippen LogP contribution is -2.36. The molecule has 0 amide bonds. The highest BCUT2D eigenvalue weighted by Crippen LogP contribution is 2.42. The molecule has 0 radical (unpaired) electrons. The minimum atomic E-state index is -0.391. The Hall–Kier alpha value is -5.17. The molecule has 3 heterocycles. The number of carbonyl (C=O) groups excluding carboxylic acids is 1. The number of fused-ring (bicyclic) bond motifs is 2. The average Bonchev–Trinajstić information content (AvgIpc) is 3.65. The molecule has 0 N–H and O–H groups in total. The number of methoxy groups -OCH3 is 1. The lowest BCUT2D eigenvalue weighted by atomic mass is 10.1. The molecule has 232 valence electrons. The van der Waals surface area contributed by atoms with Crippen molar-refractivity contribution in [2.75, 3.05) is 18.6 Å². The van der Waals surface area contributed by atoms with E-state index in [0.717, 1.165) is 77.3 Å². The van der Waals surface area contributed by atoms with Crippen LogP contribution in [-0.2, 0) is 24.2 Å². The fourth-order valence-electron chi connectivity index (χ4n) is 6.54. The Balaban J connectivity index is 1.28. The molecule has 1 aromatic heterocycles. The summed E-state index contributed by atoms with van der Waals surface area (Å²) >= 11 is 0. The Morgan fingerprint density at radius 3 is 2.30 bits per heavy atom. The van der Waals surface area contributed by atoms with Crippen molar-refractivity contribution < 1.29 is 14.3 Å². The normalized spacial score (nSPS) is 16.7. The summed E-state index contributed by atoms with van der Waals surface area (Å²) in [5, 5.41) is 1.04. The maximum atomic E-state index is 12.7. The number of likely N-dealkylation sites (tertiary alicyclic amines) is 1. The van der Waals surface area contributed by atoms with E-state index < -0.39 is 5.97 Å². The van der Waals surface area contributed by atoms with E-state index in [1.54, 1.807) is 0 Å². The van der Waals surface area contributed by atoms with Gasteiger partial charge in [0.2, 0.25) is 0 Å². The summed E-state index contributed by atoms with van der Waals surface area (Å²) in [5.74, 6) is 2.41. The number of anilines is 1. The second kappa shape index (κ2) is 12.7. The van der Waals surface area contributed by atoms with Crippen LogP contribution < -0.4 is 9.64 Å². The molecule has 1 saturated heterocycles. The van der Waals surface area contributed by atoms with Crippen LogP contribution in [0.1, 0.15) is 51.0 Å². The fraction of sp³-hybridized carbons (Fsp3) is 0.256. The summed E-state index contributed by atoms with van der Waals surface area (Å²) in [6.45, 7) is 6.40. The third-order valence-corrected chi connectivity index (χ3v) is 8.87. The zero-order valence-corrected chi connectivity index (χ0v) is 26.6. The maximum Gasteiger partial charge on any atom is 0.340 e. The van der Waals surface area contributed by atoms with Gasteiger partial charge in [-0.15, -0.1) is 0 Å². The summed E-state index contributed by atoms with van der Waals surface area (Å²) in [6.07, 6.45) is 2.11. The number of amidine groups is 1. The lowest BCUT2D eigenvalue weighted by Gasteiger charge is -2.29. The first kappa shape index (κ1) is 29.5. The molecule has 4 aromatic carbocycles. The quantitative estimate of drug-likeness (QED) is 0.166. The lowest BCUT2D eigenvalue weighted by molar-refractivity contribution is 0.0601. The second-order valence-corrected chi connectivity index (χ2v) is 12.2. The highest BCUT2D eigenvalue weighted by atomic mass is 16.5. The Labute approximate surface area is 270 Å². The molecule has 1 atom stereocenters. The van der Waals surface area contributed by atoms with Crippen LogP contribution in [0.2, 0.25) is 0 Å². The summed E-state index contributed by atoms with van der Waals surface area (Å²) in [4.78, 5) is 27.6. The molecular formula is C39H38N4O3. The van der Waals surface area contributed by atoms with Crippen molar-refractivity contribution in [2.24, 2.45) is 4.99 Å². The van der Waals surface area contributed by atoms with Gasteiger partial charge in [-0.05, 0) is 55.7 Å². The Kier molecular flexibility index (Phi) is 8.14. The van der Waals surface area contributed by atoms with Crippen LogP contribution in [0.15, 0.2) is 102 Å². The summed E-state index contributed by atoms with van der Waals surface area (Å²) in [7, 11) is 1.41. The van der Waals surface area contributed by atoms with E-state index in [1.807, 2.05) is 31.2 Å². The van der Waals surface area contributed by atoms with Gasteiger partial charge in [0.05, 0.1) is 23.9 Å². The topological polar surface area (TPSA) is 67.3 Å². The molecule has 1 fully saturated rings. The first-order chi connectivity index (χ1) is 22.5. The van der Waals surface area contributed by atoms with Gasteiger partial charge < -0.3 is 19.3 Å². The number of carbonyl (C=O) groups is 1. The van der Waals surface area contributed by atoms with Crippen molar-refractivity contribution in [2.45, 2.75) is 52.4 Å². The summed E-state index contributed by atoms with van der Waals surface area (Å²) in [5.41, 5.74) is 7.73. The van der Waals surface area contributed by atoms with Crippen molar-refractivity contribution in [3.05, 3.63) is 130 Å². The number of nitrogens with zero attached hydrogens (tertiary/aromatic N) is 4. The van der Waals surface area contributed by atoms with Crippen LogP contribution in [0.3, 0.4) is 0 Å². The Morgan fingerprint density at radius 1 is 0.870 bits per heavy atom. The smallest absolute Gasteiger partial charge is 0.340 e. The minimum absolute atomic E-state index is 0.246. The highest BCUT2D eigenvalue weighted by molar-refractivity contribution is 5.97. The standard InChI is InChI=1S/C39H38N4O3/c1-26-14-16-33-31(22-26)37(30-20-21-42(38(30)41-33)24-28-10-6-4-7-11-28)46-36-19-18-35(43(36)25-29-12-8-5-9-13-29)40-34-17-15-27(2)23-32(34)39(44)45-3/h4-17,22-23,36H,18-21,24-25H2,1-3H3.